The largest absolute Gasteiger partial charge is 0.466 e. The van der Waals surface area contributed by atoms with Crippen LogP contribution in [0, 0.1) is 5.92 Å². The van der Waals surface area contributed by atoms with Crippen LogP contribution in [0.5, 0.6) is 0 Å². The Morgan fingerprint density at radius 2 is 1.71 bits per heavy atom. The number of esters is 1. The van der Waals surface area contributed by atoms with Gasteiger partial charge in [0.2, 0.25) is 5.89 Å². The van der Waals surface area contributed by atoms with Crippen molar-refractivity contribution in [2.75, 3.05) is 11.9 Å². The number of oxazole rings is 1. The van der Waals surface area contributed by atoms with E-state index in [0.29, 0.717) is 36.8 Å². The Labute approximate surface area is 223 Å². The zero-order valence-electron chi connectivity index (χ0n) is 21.8. The van der Waals surface area contributed by atoms with Crippen LogP contribution in [-0.4, -0.2) is 23.3 Å². The molecule has 5 rings (SSSR count). The maximum atomic E-state index is 12.6. The summed E-state index contributed by atoms with van der Waals surface area (Å²) in [5.41, 5.74) is 5.50. The van der Waals surface area contributed by atoms with Gasteiger partial charge in [0.15, 0.2) is 11.4 Å². The molecule has 1 fully saturated rings. The second-order valence-corrected chi connectivity index (χ2v) is 9.93. The Hall–Kier alpha value is -3.93. The van der Waals surface area contributed by atoms with E-state index in [9.17, 15) is 9.59 Å². The highest BCUT2D eigenvalue weighted by atomic mass is 16.5. The van der Waals surface area contributed by atoms with E-state index in [1.54, 1.807) is 6.92 Å². The molecule has 0 aliphatic heterocycles. The molecular formula is C32H34N2O4. The van der Waals surface area contributed by atoms with E-state index in [1.807, 2.05) is 48.5 Å². The summed E-state index contributed by atoms with van der Waals surface area (Å²) in [7, 11) is 0. The van der Waals surface area contributed by atoms with E-state index >= 15 is 0 Å². The molecule has 0 bridgehead atoms. The zero-order valence-corrected chi connectivity index (χ0v) is 21.8. The van der Waals surface area contributed by atoms with E-state index in [2.05, 4.69) is 34.6 Å². The summed E-state index contributed by atoms with van der Waals surface area (Å²) in [4.78, 5) is 28.7. The maximum absolute atomic E-state index is 12.6. The summed E-state index contributed by atoms with van der Waals surface area (Å²) >= 11 is 0. The van der Waals surface area contributed by atoms with Gasteiger partial charge in [-0.2, -0.15) is 0 Å². The molecule has 38 heavy (non-hydrogen) atoms. The van der Waals surface area contributed by atoms with Gasteiger partial charge in [0, 0.05) is 29.7 Å². The molecule has 6 nitrogen and oxygen atoms in total. The minimum Gasteiger partial charge on any atom is -0.466 e. The minimum atomic E-state index is -0.250. The maximum Gasteiger partial charge on any atom is 0.305 e. The molecule has 4 aromatic rings. The summed E-state index contributed by atoms with van der Waals surface area (Å²) in [6, 6.07) is 24.2. The number of hydrogen-bond acceptors (Lipinski definition) is 6. The molecular weight excluding hydrogens is 476 g/mol. The molecule has 6 heteroatoms. The monoisotopic (exact) mass is 510 g/mol. The molecule has 1 aromatic heterocycles. The number of fused-ring (bicyclic) bond motifs is 1. The molecule has 0 saturated heterocycles. The predicted octanol–water partition coefficient (Wildman–Crippen LogP) is 7.75. The SMILES string of the molecule is CCOC(=O)CCCC(=O)c1ccc(N[C@@H](c2ccc(-c3nc4ccccc4o3)cc2)C2CCCC2)cc1. The van der Waals surface area contributed by atoms with Crippen molar-refractivity contribution in [1.29, 1.82) is 0 Å². The van der Waals surface area contributed by atoms with Gasteiger partial charge >= 0.3 is 5.97 Å². The number of aromatic nitrogens is 1. The van der Waals surface area contributed by atoms with Gasteiger partial charge in [-0.1, -0.05) is 37.1 Å². The number of benzene rings is 3. The molecule has 0 unspecified atom stereocenters. The first-order chi connectivity index (χ1) is 18.6. The molecule has 0 spiro atoms. The van der Waals surface area contributed by atoms with Crippen molar-refractivity contribution in [3.63, 3.8) is 0 Å². The Balaban J connectivity index is 1.26. The van der Waals surface area contributed by atoms with Crippen molar-refractivity contribution in [2.24, 2.45) is 5.92 Å². The third kappa shape index (κ3) is 6.13. The van der Waals surface area contributed by atoms with Crippen molar-refractivity contribution < 1.29 is 18.7 Å². The average Bonchev–Trinajstić information content (AvgIpc) is 3.63. The van der Waals surface area contributed by atoms with Gasteiger partial charge in [-0.05, 0) is 86.2 Å². The lowest BCUT2D eigenvalue weighted by molar-refractivity contribution is -0.143. The molecule has 1 atom stereocenters. The van der Waals surface area contributed by atoms with Crippen LogP contribution in [0.25, 0.3) is 22.6 Å². The van der Waals surface area contributed by atoms with E-state index in [-0.39, 0.29) is 24.2 Å². The number of carbonyl (C=O) groups excluding carboxylic acids is 2. The lowest BCUT2D eigenvalue weighted by Gasteiger charge is -2.26. The number of Topliss-reactive ketones (excluding diaryl/α,β-unsaturated/α-hetero) is 1. The fourth-order valence-corrected chi connectivity index (χ4v) is 5.30. The highest BCUT2D eigenvalue weighted by molar-refractivity contribution is 5.96. The Bertz CT molecular complexity index is 1340. The number of ether oxygens (including phenoxy) is 1. The third-order valence-electron chi connectivity index (χ3n) is 7.30. The van der Waals surface area contributed by atoms with Gasteiger partial charge in [-0.25, -0.2) is 4.98 Å². The van der Waals surface area contributed by atoms with Crippen molar-refractivity contribution >= 4 is 28.5 Å². The number of nitrogens with zero attached hydrogens (tertiary/aromatic N) is 1. The molecule has 1 aliphatic carbocycles. The lowest BCUT2D eigenvalue weighted by atomic mass is 9.90. The molecule has 3 aromatic carbocycles. The fraction of sp³-hybridized carbons (Fsp3) is 0.344. The summed E-state index contributed by atoms with van der Waals surface area (Å²) < 4.78 is 10.9. The van der Waals surface area contributed by atoms with Crippen molar-refractivity contribution in [2.45, 2.75) is 57.9 Å². The number of para-hydroxylation sites is 2. The van der Waals surface area contributed by atoms with E-state index < -0.39 is 0 Å². The van der Waals surface area contributed by atoms with Crippen LogP contribution in [0.4, 0.5) is 5.69 Å². The highest BCUT2D eigenvalue weighted by Crippen LogP contribution is 2.38. The van der Waals surface area contributed by atoms with E-state index in [1.165, 1.54) is 31.2 Å². The predicted molar refractivity (Wildman–Crippen MR) is 149 cm³/mol. The normalized spacial score (nSPS) is 14.4. The first kappa shape index (κ1) is 25.7. The average molecular weight is 511 g/mol. The molecule has 1 N–H and O–H groups in total. The van der Waals surface area contributed by atoms with Crippen LogP contribution in [0.1, 0.15) is 73.8 Å². The summed E-state index contributed by atoms with van der Waals surface area (Å²) in [5.74, 6) is 0.975. The van der Waals surface area contributed by atoms with Gasteiger partial charge in [-0.15, -0.1) is 0 Å². The van der Waals surface area contributed by atoms with Crippen LogP contribution in [0.2, 0.25) is 0 Å². The minimum absolute atomic E-state index is 0.0444. The smallest absolute Gasteiger partial charge is 0.305 e. The van der Waals surface area contributed by atoms with Crippen LogP contribution >= 0.6 is 0 Å². The van der Waals surface area contributed by atoms with Crippen LogP contribution in [0.3, 0.4) is 0 Å². The molecule has 1 saturated carbocycles. The molecule has 1 heterocycles. The van der Waals surface area contributed by atoms with Crippen molar-refractivity contribution in [3.05, 3.63) is 83.9 Å². The zero-order chi connectivity index (χ0) is 26.3. The molecule has 0 amide bonds. The Kier molecular flexibility index (Phi) is 8.17. The fourth-order valence-electron chi connectivity index (χ4n) is 5.30. The number of anilines is 1. The topological polar surface area (TPSA) is 81.4 Å². The quantitative estimate of drug-likeness (QED) is 0.164. The van der Waals surface area contributed by atoms with Crippen LogP contribution < -0.4 is 5.32 Å². The third-order valence-corrected chi connectivity index (χ3v) is 7.30. The van der Waals surface area contributed by atoms with Crippen molar-refractivity contribution in [3.8, 4) is 11.5 Å². The molecule has 1 aliphatic rings. The first-order valence-electron chi connectivity index (χ1n) is 13.6. The van der Waals surface area contributed by atoms with Gasteiger partial charge < -0.3 is 14.5 Å². The first-order valence-corrected chi connectivity index (χ1v) is 13.6. The number of hydrogen-bond donors (Lipinski definition) is 1. The summed E-state index contributed by atoms with van der Waals surface area (Å²) in [6.07, 6.45) is 6.01. The molecule has 0 radical (unpaired) electrons. The van der Waals surface area contributed by atoms with Crippen LogP contribution in [-0.2, 0) is 9.53 Å². The number of ketones is 1. The highest BCUT2D eigenvalue weighted by Gasteiger charge is 2.26. The van der Waals surface area contributed by atoms with Gasteiger partial charge in [0.05, 0.1) is 12.6 Å². The number of carbonyl (C=O) groups is 2. The van der Waals surface area contributed by atoms with Crippen LogP contribution in [0.15, 0.2) is 77.2 Å². The van der Waals surface area contributed by atoms with Gasteiger partial charge in [0.1, 0.15) is 5.52 Å². The molecule has 196 valence electrons. The van der Waals surface area contributed by atoms with Crippen molar-refractivity contribution in [1.82, 2.24) is 4.98 Å². The Morgan fingerprint density at radius 3 is 2.42 bits per heavy atom. The number of nitrogens with one attached hydrogen (secondary N) is 1. The summed E-state index contributed by atoms with van der Waals surface area (Å²) in [6.45, 7) is 2.15. The summed E-state index contributed by atoms with van der Waals surface area (Å²) in [5, 5.41) is 3.74. The van der Waals surface area contributed by atoms with Gasteiger partial charge in [0.25, 0.3) is 0 Å². The number of rotatable bonds is 11. The van der Waals surface area contributed by atoms with E-state index in [4.69, 9.17) is 9.15 Å². The standard InChI is InChI=1S/C32H34N2O4/c1-2-37-30(36)13-7-11-28(35)22-18-20-26(21-19-22)33-31(23-8-3-4-9-23)24-14-16-25(17-15-24)32-34-27-10-5-6-12-29(27)38-32/h5-6,10,12,14-21,23,31,33H,2-4,7-9,11,13H2,1H3/t31-/m1/s1. The second-order valence-electron chi connectivity index (χ2n) is 9.93. The Morgan fingerprint density at radius 1 is 0.974 bits per heavy atom. The lowest BCUT2D eigenvalue weighted by Crippen LogP contribution is -2.19. The second kappa shape index (κ2) is 12.1. The van der Waals surface area contributed by atoms with E-state index in [0.717, 1.165) is 22.4 Å². The van der Waals surface area contributed by atoms with Gasteiger partial charge in [-0.3, -0.25) is 9.59 Å².